The molecule has 0 aliphatic heterocycles. The van der Waals surface area contributed by atoms with E-state index in [9.17, 15) is 13.2 Å². The number of aliphatic hydroxyl groups excluding tert-OH is 1. The Hall–Kier alpha value is -0.550. The minimum Gasteiger partial charge on any atom is -0.390 e. The zero-order chi connectivity index (χ0) is 11.6. The summed E-state index contributed by atoms with van der Waals surface area (Å²) in [6, 6.07) is 3.84. The van der Waals surface area contributed by atoms with Crippen molar-refractivity contribution in [1.29, 1.82) is 0 Å². The van der Waals surface area contributed by atoms with Crippen LogP contribution >= 0.6 is 15.9 Å². The monoisotopic (exact) mass is 282 g/mol. The number of halogens is 4. The first-order valence-corrected chi connectivity index (χ1v) is 5.11. The highest BCUT2D eigenvalue weighted by Gasteiger charge is 2.37. The normalized spacial score (nSPS) is 14.0. The van der Waals surface area contributed by atoms with Gasteiger partial charge in [-0.05, 0) is 23.8 Å². The molecule has 0 aromatic heterocycles. The summed E-state index contributed by atoms with van der Waals surface area (Å²) in [5.41, 5.74) is -0.108. The Morgan fingerprint density at radius 2 is 2.07 bits per heavy atom. The summed E-state index contributed by atoms with van der Waals surface area (Å²) in [6.45, 7) is -0.110. The van der Waals surface area contributed by atoms with E-state index in [2.05, 4.69) is 15.9 Å². The molecule has 1 rings (SSSR count). The van der Waals surface area contributed by atoms with E-state index in [1.54, 1.807) is 0 Å². The summed E-state index contributed by atoms with van der Waals surface area (Å²) in [5, 5.41) is 8.50. The van der Waals surface area contributed by atoms with Gasteiger partial charge in [0.2, 0.25) is 0 Å². The molecule has 0 aliphatic rings. The summed E-state index contributed by atoms with van der Waals surface area (Å²) in [6.07, 6.45) is 0. The maximum absolute atomic E-state index is 13.3. The van der Waals surface area contributed by atoms with Crippen LogP contribution < -0.4 is 0 Å². The fraction of sp³-hybridized carbons (Fsp3) is 0.400. The van der Waals surface area contributed by atoms with Gasteiger partial charge in [0.25, 0.3) is 5.92 Å². The second-order valence-corrected chi connectivity index (χ2v) is 4.22. The molecule has 5 heteroatoms. The van der Waals surface area contributed by atoms with Crippen LogP contribution in [0, 0.1) is 5.82 Å². The molecule has 1 unspecified atom stereocenters. The van der Waals surface area contributed by atoms with Crippen LogP contribution in [-0.4, -0.2) is 17.6 Å². The fourth-order valence-corrected chi connectivity index (χ4v) is 1.59. The number of hydrogen-bond donors (Lipinski definition) is 1. The van der Waals surface area contributed by atoms with Gasteiger partial charge in [-0.25, -0.2) is 13.2 Å². The molecule has 0 radical (unpaired) electrons. The summed E-state index contributed by atoms with van der Waals surface area (Å²) in [5.74, 6) is -5.37. The topological polar surface area (TPSA) is 20.2 Å². The zero-order valence-electron chi connectivity index (χ0n) is 7.98. The van der Waals surface area contributed by atoms with E-state index < -0.39 is 24.3 Å². The Balaban J connectivity index is 3.10. The minimum absolute atomic E-state index is 0.108. The lowest BCUT2D eigenvalue weighted by Gasteiger charge is -2.22. The fourth-order valence-electron chi connectivity index (χ4n) is 1.21. The molecule has 1 nitrogen and oxygen atoms in total. The Kier molecular flexibility index (Phi) is 3.78. The van der Waals surface area contributed by atoms with Gasteiger partial charge >= 0.3 is 0 Å². The van der Waals surface area contributed by atoms with Crippen LogP contribution in [0.5, 0.6) is 0 Å². The molecule has 0 saturated carbocycles. The number of hydrogen-bond acceptors (Lipinski definition) is 1. The maximum atomic E-state index is 13.3. The zero-order valence-corrected chi connectivity index (χ0v) is 9.56. The van der Waals surface area contributed by atoms with Gasteiger partial charge in [0.1, 0.15) is 12.4 Å². The van der Waals surface area contributed by atoms with Crippen LogP contribution in [0.1, 0.15) is 18.4 Å². The predicted octanol–water partition coefficient (Wildman–Crippen LogP) is 3.32. The summed E-state index contributed by atoms with van der Waals surface area (Å²) in [4.78, 5) is 0. The van der Waals surface area contributed by atoms with Gasteiger partial charge in [0, 0.05) is 4.47 Å². The van der Waals surface area contributed by atoms with Crippen LogP contribution in [-0.2, 0) is 0 Å². The van der Waals surface area contributed by atoms with E-state index in [1.807, 2.05) is 0 Å². The number of rotatable bonds is 3. The largest absolute Gasteiger partial charge is 0.390 e. The lowest BCUT2D eigenvalue weighted by molar-refractivity contribution is -0.0688. The Bertz CT molecular complexity index is 355. The lowest BCUT2D eigenvalue weighted by atomic mass is 9.94. The standard InChI is InChI=1S/C10H10BrF3O/c1-6(10(13,14)5-15)8-4-7(11)2-3-9(8)12/h2-4,6,15H,5H2,1H3. The average molecular weight is 283 g/mol. The number of benzene rings is 1. The van der Waals surface area contributed by atoms with E-state index in [0.717, 1.165) is 6.07 Å². The third-order valence-corrected chi connectivity index (χ3v) is 2.76. The van der Waals surface area contributed by atoms with Gasteiger partial charge in [-0.2, -0.15) is 0 Å². The summed E-state index contributed by atoms with van der Waals surface area (Å²) >= 11 is 3.08. The van der Waals surface area contributed by atoms with E-state index >= 15 is 0 Å². The molecule has 0 amide bonds. The van der Waals surface area contributed by atoms with E-state index in [4.69, 9.17) is 5.11 Å². The third kappa shape index (κ3) is 2.72. The van der Waals surface area contributed by atoms with Gasteiger partial charge in [-0.15, -0.1) is 0 Å². The molecular formula is C10H10BrF3O. The van der Waals surface area contributed by atoms with Crippen LogP contribution in [0.4, 0.5) is 13.2 Å². The van der Waals surface area contributed by atoms with Crippen molar-refractivity contribution >= 4 is 15.9 Å². The van der Waals surface area contributed by atoms with Crippen LogP contribution in [0.15, 0.2) is 22.7 Å². The second kappa shape index (κ2) is 4.53. The van der Waals surface area contributed by atoms with E-state index in [1.165, 1.54) is 19.1 Å². The molecular weight excluding hydrogens is 273 g/mol. The predicted molar refractivity (Wildman–Crippen MR) is 54.5 cm³/mol. The molecule has 84 valence electrons. The van der Waals surface area contributed by atoms with Gasteiger partial charge in [-0.3, -0.25) is 0 Å². The van der Waals surface area contributed by atoms with Gasteiger partial charge < -0.3 is 5.11 Å². The van der Waals surface area contributed by atoms with Gasteiger partial charge in [-0.1, -0.05) is 22.9 Å². The van der Waals surface area contributed by atoms with Crippen molar-refractivity contribution in [2.24, 2.45) is 0 Å². The Morgan fingerprint density at radius 3 is 2.60 bits per heavy atom. The molecule has 1 aromatic rings. The SMILES string of the molecule is CC(c1cc(Br)ccc1F)C(F)(F)CO. The summed E-state index contributed by atoms with van der Waals surface area (Å²) < 4.78 is 40.0. The van der Waals surface area contributed by atoms with Crippen LogP contribution in [0.25, 0.3) is 0 Å². The summed E-state index contributed by atoms with van der Waals surface area (Å²) in [7, 11) is 0. The van der Waals surface area contributed by atoms with E-state index in [-0.39, 0.29) is 5.56 Å². The number of alkyl halides is 2. The molecule has 1 N–H and O–H groups in total. The molecule has 1 atom stereocenters. The van der Waals surface area contributed by atoms with Crippen molar-refractivity contribution in [3.63, 3.8) is 0 Å². The molecule has 1 aromatic carbocycles. The molecule has 15 heavy (non-hydrogen) atoms. The van der Waals surface area contributed by atoms with Crippen molar-refractivity contribution < 1.29 is 18.3 Å². The number of aliphatic hydroxyl groups is 1. The highest BCUT2D eigenvalue weighted by Crippen LogP contribution is 2.35. The smallest absolute Gasteiger partial charge is 0.277 e. The Morgan fingerprint density at radius 1 is 1.47 bits per heavy atom. The molecule has 0 aliphatic carbocycles. The van der Waals surface area contributed by atoms with E-state index in [0.29, 0.717) is 4.47 Å². The average Bonchev–Trinajstić information content (AvgIpc) is 2.20. The van der Waals surface area contributed by atoms with Crippen LogP contribution in [0.2, 0.25) is 0 Å². The van der Waals surface area contributed by atoms with Crippen molar-refractivity contribution in [3.05, 3.63) is 34.1 Å². The lowest BCUT2D eigenvalue weighted by Crippen LogP contribution is -2.29. The van der Waals surface area contributed by atoms with Crippen molar-refractivity contribution in [1.82, 2.24) is 0 Å². The third-order valence-electron chi connectivity index (χ3n) is 2.27. The quantitative estimate of drug-likeness (QED) is 0.902. The molecule has 0 heterocycles. The van der Waals surface area contributed by atoms with Gasteiger partial charge in [0.15, 0.2) is 0 Å². The minimum atomic E-state index is -3.32. The second-order valence-electron chi connectivity index (χ2n) is 3.31. The highest BCUT2D eigenvalue weighted by molar-refractivity contribution is 9.10. The molecule has 0 fully saturated rings. The molecule has 0 saturated heterocycles. The van der Waals surface area contributed by atoms with Crippen molar-refractivity contribution in [3.8, 4) is 0 Å². The first-order chi connectivity index (χ1) is 6.88. The van der Waals surface area contributed by atoms with Crippen molar-refractivity contribution in [2.45, 2.75) is 18.8 Å². The first kappa shape index (κ1) is 12.5. The maximum Gasteiger partial charge on any atom is 0.277 e. The Labute approximate surface area is 94.0 Å². The van der Waals surface area contributed by atoms with Gasteiger partial charge in [0.05, 0.1) is 5.92 Å². The van der Waals surface area contributed by atoms with Crippen molar-refractivity contribution in [2.75, 3.05) is 6.61 Å². The highest BCUT2D eigenvalue weighted by atomic mass is 79.9. The molecule has 0 spiro atoms. The van der Waals surface area contributed by atoms with Crippen LogP contribution in [0.3, 0.4) is 0 Å². The molecule has 0 bridgehead atoms. The first-order valence-electron chi connectivity index (χ1n) is 4.32.